The second-order valence-electron chi connectivity index (χ2n) is 8.70. The molecule has 4 aromatic rings. The van der Waals surface area contributed by atoms with Gasteiger partial charge in [-0.2, -0.15) is 5.10 Å². The Labute approximate surface area is 236 Å². The van der Waals surface area contributed by atoms with Crippen LogP contribution in [0.4, 0.5) is 17.1 Å². The minimum atomic E-state index is -4.35. The zero-order chi connectivity index (χ0) is 29.4. The quantitative estimate of drug-likeness (QED) is 0.162. The zero-order valence-corrected chi connectivity index (χ0v) is 22.6. The normalized spacial score (nSPS) is 11.4. The summed E-state index contributed by atoms with van der Waals surface area (Å²) in [6, 6.07) is 28.1. The number of anilines is 2. The van der Waals surface area contributed by atoms with Crippen molar-refractivity contribution in [3.63, 3.8) is 0 Å². The molecule has 2 N–H and O–H groups in total. The van der Waals surface area contributed by atoms with Crippen LogP contribution >= 0.6 is 0 Å². The molecule has 0 aliphatic heterocycles. The number of hydrazone groups is 1. The summed E-state index contributed by atoms with van der Waals surface area (Å²) in [7, 11) is -4.35. The van der Waals surface area contributed by atoms with E-state index in [0.29, 0.717) is 26.8 Å². The molecule has 0 spiro atoms. The van der Waals surface area contributed by atoms with Crippen molar-refractivity contribution in [3.05, 3.63) is 130 Å². The maximum Gasteiger partial charge on any atom is 0.293 e. The van der Waals surface area contributed by atoms with E-state index in [4.69, 9.17) is 0 Å². The first-order valence-corrected chi connectivity index (χ1v) is 13.7. The number of nitrogens with one attached hydrogen (secondary N) is 2. The summed E-state index contributed by atoms with van der Waals surface area (Å²) in [6.45, 7) is 0.877. The third kappa shape index (κ3) is 6.99. The number of benzene rings is 4. The standard InChI is InChI=1S/C29H25N5O6S/c1-21(22-16-18-24(19-17-22)30-29(36)23-10-4-2-5-11-23)31-32-28(35)20-33(26-14-8-9-15-27(26)34(37)38)41(39,40)25-12-6-3-7-13-25/h2-19H,20H2,1H3,(H,30,36)(H,32,35)/b31-21-. The topological polar surface area (TPSA) is 151 Å². The fourth-order valence-corrected chi connectivity index (χ4v) is 5.27. The molecular weight excluding hydrogens is 546 g/mol. The third-order valence-corrected chi connectivity index (χ3v) is 7.68. The molecule has 0 heterocycles. The van der Waals surface area contributed by atoms with Crippen molar-refractivity contribution in [2.45, 2.75) is 11.8 Å². The molecule has 0 unspecified atom stereocenters. The van der Waals surface area contributed by atoms with Crippen LogP contribution in [0, 0.1) is 10.1 Å². The summed E-state index contributed by atoms with van der Waals surface area (Å²) in [5.41, 5.74) is 3.71. The number of nitro groups is 1. The van der Waals surface area contributed by atoms with Crippen molar-refractivity contribution in [1.82, 2.24) is 5.43 Å². The van der Waals surface area contributed by atoms with Crippen LogP contribution in [0.2, 0.25) is 0 Å². The lowest BCUT2D eigenvalue weighted by Gasteiger charge is -2.23. The molecule has 0 aliphatic rings. The second kappa shape index (κ2) is 12.7. The first-order valence-electron chi connectivity index (χ1n) is 12.3. The van der Waals surface area contributed by atoms with Gasteiger partial charge >= 0.3 is 0 Å². The molecule has 2 amide bonds. The molecule has 0 atom stereocenters. The van der Waals surface area contributed by atoms with Crippen molar-refractivity contribution >= 4 is 44.6 Å². The molecule has 0 aliphatic carbocycles. The molecule has 11 nitrogen and oxygen atoms in total. The Morgan fingerprint density at radius 1 is 0.829 bits per heavy atom. The molecule has 12 heteroatoms. The van der Waals surface area contributed by atoms with Gasteiger partial charge in [0.25, 0.3) is 27.5 Å². The van der Waals surface area contributed by atoms with Crippen molar-refractivity contribution in [2.24, 2.45) is 5.10 Å². The monoisotopic (exact) mass is 571 g/mol. The molecule has 0 bridgehead atoms. The van der Waals surface area contributed by atoms with Crippen LogP contribution in [0.1, 0.15) is 22.8 Å². The number of rotatable bonds is 10. The highest BCUT2D eigenvalue weighted by molar-refractivity contribution is 7.92. The van der Waals surface area contributed by atoms with E-state index in [1.165, 1.54) is 42.5 Å². The number of carbonyl (C=O) groups excluding carboxylic acids is 2. The zero-order valence-electron chi connectivity index (χ0n) is 21.8. The predicted molar refractivity (Wildman–Crippen MR) is 155 cm³/mol. The smallest absolute Gasteiger partial charge is 0.293 e. The Morgan fingerprint density at radius 2 is 1.41 bits per heavy atom. The van der Waals surface area contributed by atoms with Gasteiger partial charge in [0.2, 0.25) is 0 Å². The van der Waals surface area contributed by atoms with E-state index in [1.807, 2.05) is 6.07 Å². The van der Waals surface area contributed by atoms with E-state index in [9.17, 15) is 28.1 Å². The summed E-state index contributed by atoms with van der Waals surface area (Å²) < 4.78 is 27.6. The Balaban J connectivity index is 1.50. The van der Waals surface area contributed by atoms with Crippen LogP contribution in [0.25, 0.3) is 0 Å². The fraction of sp³-hybridized carbons (Fsp3) is 0.0690. The maximum atomic E-state index is 13.5. The average Bonchev–Trinajstić information content (AvgIpc) is 2.99. The van der Waals surface area contributed by atoms with Gasteiger partial charge in [-0.05, 0) is 55.0 Å². The predicted octanol–water partition coefficient (Wildman–Crippen LogP) is 4.58. The molecule has 0 radical (unpaired) electrons. The molecule has 4 aromatic carbocycles. The fourth-order valence-electron chi connectivity index (χ4n) is 3.81. The Kier molecular flexibility index (Phi) is 8.85. The molecule has 0 aromatic heterocycles. The van der Waals surface area contributed by atoms with Gasteiger partial charge in [-0.1, -0.05) is 60.7 Å². The molecule has 208 valence electrons. The lowest BCUT2D eigenvalue weighted by atomic mass is 10.1. The van der Waals surface area contributed by atoms with E-state index in [-0.39, 0.29) is 16.5 Å². The number of sulfonamides is 1. The van der Waals surface area contributed by atoms with Gasteiger partial charge in [0.15, 0.2) is 0 Å². The summed E-state index contributed by atoms with van der Waals surface area (Å²) in [4.78, 5) is 36.0. The van der Waals surface area contributed by atoms with Crippen molar-refractivity contribution in [2.75, 3.05) is 16.2 Å². The lowest BCUT2D eigenvalue weighted by Crippen LogP contribution is -2.40. The average molecular weight is 572 g/mol. The molecule has 41 heavy (non-hydrogen) atoms. The largest absolute Gasteiger partial charge is 0.322 e. The Bertz CT molecular complexity index is 1690. The minimum Gasteiger partial charge on any atom is -0.322 e. The molecular formula is C29H25N5O6S. The van der Waals surface area contributed by atoms with Gasteiger partial charge < -0.3 is 5.32 Å². The second-order valence-corrected chi connectivity index (χ2v) is 10.6. The molecule has 0 saturated heterocycles. The number of carbonyl (C=O) groups is 2. The van der Waals surface area contributed by atoms with Crippen LogP contribution < -0.4 is 15.0 Å². The van der Waals surface area contributed by atoms with Gasteiger partial charge in [-0.25, -0.2) is 18.1 Å². The highest BCUT2D eigenvalue weighted by Gasteiger charge is 2.31. The number of nitrogens with zero attached hydrogens (tertiary/aromatic N) is 3. The van der Waals surface area contributed by atoms with Crippen LogP contribution in [-0.4, -0.2) is 37.4 Å². The summed E-state index contributed by atoms with van der Waals surface area (Å²) >= 11 is 0. The van der Waals surface area contributed by atoms with E-state index >= 15 is 0 Å². The molecule has 0 saturated carbocycles. The number of hydrogen-bond acceptors (Lipinski definition) is 7. The maximum absolute atomic E-state index is 13.5. The SMILES string of the molecule is C/C(=N/NC(=O)CN(c1ccccc1[N+](=O)[O-])S(=O)(=O)c1ccccc1)c1ccc(NC(=O)c2ccccc2)cc1. The minimum absolute atomic E-state index is 0.134. The number of amides is 2. The third-order valence-electron chi connectivity index (χ3n) is 5.91. The Hall–Kier alpha value is -5.36. The lowest BCUT2D eigenvalue weighted by molar-refractivity contribution is -0.384. The van der Waals surface area contributed by atoms with E-state index in [2.05, 4.69) is 15.8 Å². The van der Waals surface area contributed by atoms with Crippen molar-refractivity contribution < 1.29 is 22.9 Å². The number of nitro benzene ring substituents is 1. The van der Waals surface area contributed by atoms with Crippen LogP contribution in [0.3, 0.4) is 0 Å². The van der Waals surface area contributed by atoms with Crippen LogP contribution in [0.5, 0.6) is 0 Å². The van der Waals surface area contributed by atoms with Gasteiger partial charge in [-0.15, -0.1) is 0 Å². The Morgan fingerprint density at radius 3 is 2.05 bits per heavy atom. The number of hydrogen-bond donors (Lipinski definition) is 2. The summed E-state index contributed by atoms with van der Waals surface area (Å²) in [5.74, 6) is -1.07. The van der Waals surface area contributed by atoms with Gasteiger partial charge in [-0.3, -0.25) is 19.7 Å². The van der Waals surface area contributed by atoms with Gasteiger partial charge in [0.05, 0.1) is 15.5 Å². The van der Waals surface area contributed by atoms with E-state index < -0.39 is 33.1 Å². The van der Waals surface area contributed by atoms with Crippen LogP contribution in [-0.2, 0) is 14.8 Å². The van der Waals surface area contributed by atoms with E-state index in [1.54, 1.807) is 61.5 Å². The van der Waals surface area contributed by atoms with Crippen molar-refractivity contribution in [3.8, 4) is 0 Å². The van der Waals surface area contributed by atoms with Crippen LogP contribution in [0.15, 0.2) is 119 Å². The highest BCUT2D eigenvalue weighted by Crippen LogP contribution is 2.32. The first-order chi connectivity index (χ1) is 19.7. The van der Waals surface area contributed by atoms with Gasteiger partial charge in [0, 0.05) is 17.3 Å². The molecule has 0 fully saturated rings. The summed E-state index contributed by atoms with van der Waals surface area (Å²) in [5, 5.41) is 18.5. The summed E-state index contributed by atoms with van der Waals surface area (Å²) in [6.07, 6.45) is 0. The molecule has 4 rings (SSSR count). The van der Waals surface area contributed by atoms with Gasteiger partial charge in [0.1, 0.15) is 12.2 Å². The van der Waals surface area contributed by atoms with Crippen molar-refractivity contribution in [1.29, 1.82) is 0 Å². The number of para-hydroxylation sites is 2. The highest BCUT2D eigenvalue weighted by atomic mass is 32.2. The van der Waals surface area contributed by atoms with E-state index in [0.717, 1.165) is 6.07 Å². The first kappa shape index (κ1) is 28.6.